The van der Waals surface area contributed by atoms with Gasteiger partial charge in [0.1, 0.15) is 5.82 Å². The second-order valence-electron chi connectivity index (χ2n) is 5.19. The van der Waals surface area contributed by atoms with Gasteiger partial charge in [-0.2, -0.15) is 0 Å². The average molecular weight is 268 g/mol. The van der Waals surface area contributed by atoms with Crippen LogP contribution in [-0.4, -0.2) is 23.1 Å². The van der Waals surface area contributed by atoms with Crippen LogP contribution in [0.1, 0.15) is 30.0 Å². The summed E-state index contributed by atoms with van der Waals surface area (Å²) < 4.78 is 0. The van der Waals surface area contributed by atoms with Crippen LogP contribution in [0, 0.1) is 0 Å². The van der Waals surface area contributed by atoms with E-state index in [1.165, 1.54) is 18.4 Å². The maximum Gasteiger partial charge on any atom is 0.126 e. The molecule has 104 valence electrons. The minimum Gasteiger partial charge on any atom is -0.364 e. The predicted octanol–water partition coefficient (Wildman–Crippen LogP) is 2.56. The van der Waals surface area contributed by atoms with E-state index in [2.05, 4.69) is 32.7 Å². The summed E-state index contributed by atoms with van der Waals surface area (Å²) in [7, 11) is 0. The number of nitrogens with zero attached hydrogens (tertiary/aromatic N) is 2. The Labute approximate surface area is 119 Å². The lowest BCUT2D eigenvalue weighted by molar-refractivity contribution is 0.461. The molecule has 2 N–H and O–H groups in total. The molecule has 3 rings (SSSR count). The van der Waals surface area contributed by atoms with E-state index < -0.39 is 0 Å². The van der Waals surface area contributed by atoms with Crippen molar-refractivity contribution in [2.45, 2.75) is 25.3 Å². The van der Waals surface area contributed by atoms with Gasteiger partial charge in [-0.15, -0.1) is 0 Å². The van der Waals surface area contributed by atoms with E-state index in [1.54, 1.807) is 0 Å². The van der Waals surface area contributed by atoms with Gasteiger partial charge in [0.05, 0.1) is 12.2 Å². The second-order valence-corrected chi connectivity index (χ2v) is 5.19. The zero-order valence-corrected chi connectivity index (χ0v) is 11.5. The minimum atomic E-state index is 0.613. The average Bonchev–Trinajstić information content (AvgIpc) is 2.55. The van der Waals surface area contributed by atoms with Gasteiger partial charge < -0.3 is 10.6 Å². The third-order valence-electron chi connectivity index (χ3n) is 3.73. The normalized spacial score (nSPS) is 18.7. The first-order chi connectivity index (χ1) is 9.92. The first-order valence-electron chi connectivity index (χ1n) is 7.22. The first kappa shape index (κ1) is 13.1. The van der Waals surface area contributed by atoms with Crippen LogP contribution in [0.4, 0.5) is 5.82 Å². The van der Waals surface area contributed by atoms with Crippen LogP contribution in [0.2, 0.25) is 0 Å². The summed E-state index contributed by atoms with van der Waals surface area (Å²) in [6, 6.07) is 10.2. The molecular weight excluding hydrogens is 248 g/mol. The van der Waals surface area contributed by atoms with E-state index in [-0.39, 0.29) is 0 Å². The first-order valence-corrected chi connectivity index (χ1v) is 7.22. The van der Waals surface area contributed by atoms with Crippen LogP contribution in [0.25, 0.3) is 0 Å². The molecule has 0 radical (unpaired) electrons. The third-order valence-corrected chi connectivity index (χ3v) is 3.73. The predicted molar refractivity (Wildman–Crippen MR) is 80.6 cm³/mol. The third kappa shape index (κ3) is 3.33. The fourth-order valence-corrected chi connectivity index (χ4v) is 2.62. The van der Waals surface area contributed by atoms with Gasteiger partial charge in [-0.3, -0.25) is 4.98 Å². The van der Waals surface area contributed by atoms with Crippen molar-refractivity contribution >= 4 is 5.82 Å². The summed E-state index contributed by atoms with van der Waals surface area (Å²) in [5.41, 5.74) is 2.40. The van der Waals surface area contributed by atoms with Crippen LogP contribution in [0.3, 0.4) is 0 Å². The molecule has 2 aromatic heterocycles. The summed E-state index contributed by atoms with van der Waals surface area (Å²) in [6.07, 6.45) is 6.22. The number of anilines is 1. The van der Waals surface area contributed by atoms with Gasteiger partial charge in [-0.25, -0.2) is 4.98 Å². The molecule has 0 aromatic carbocycles. The zero-order valence-electron chi connectivity index (χ0n) is 11.5. The number of nitrogens with one attached hydrogen (secondary N) is 2. The van der Waals surface area contributed by atoms with Crippen LogP contribution in [-0.2, 0) is 6.54 Å². The molecule has 1 atom stereocenters. The van der Waals surface area contributed by atoms with Gasteiger partial charge in [-0.05, 0) is 55.1 Å². The number of aromatic nitrogens is 2. The number of hydrogen-bond acceptors (Lipinski definition) is 4. The molecule has 0 amide bonds. The highest BCUT2D eigenvalue weighted by Gasteiger charge is 2.15. The Morgan fingerprint density at radius 2 is 2.20 bits per heavy atom. The summed E-state index contributed by atoms with van der Waals surface area (Å²) in [5.74, 6) is 1.54. The topological polar surface area (TPSA) is 49.8 Å². The molecule has 4 heteroatoms. The molecule has 0 unspecified atom stereocenters. The van der Waals surface area contributed by atoms with Gasteiger partial charge in [0.25, 0.3) is 0 Å². The lowest BCUT2D eigenvalue weighted by Crippen LogP contribution is -2.28. The van der Waals surface area contributed by atoms with Crippen LogP contribution >= 0.6 is 0 Å². The summed E-state index contributed by atoms with van der Waals surface area (Å²) in [4.78, 5) is 8.70. The Hall–Kier alpha value is -1.94. The number of hydrogen-bond donors (Lipinski definition) is 2. The summed E-state index contributed by atoms with van der Waals surface area (Å²) in [5, 5.41) is 6.81. The van der Waals surface area contributed by atoms with Crippen molar-refractivity contribution in [1.29, 1.82) is 0 Å². The standard InChI is InChI=1S/C16H20N4/c1-2-8-18-15(5-1)12-20-16-10-13(6-9-19-16)14-4-3-7-17-11-14/h1-2,5-6,8-10,14,17H,3-4,7,11-12H2,(H,19,20)/t14-/m1/s1. The molecule has 1 aliphatic heterocycles. The van der Waals surface area contributed by atoms with E-state index in [0.29, 0.717) is 12.5 Å². The lowest BCUT2D eigenvalue weighted by atomic mass is 9.92. The molecule has 0 spiro atoms. The summed E-state index contributed by atoms with van der Waals surface area (Å²) in [6.45, 7) is 2.93. The monoisotopic (exact) mass is 268 g/mol. The maximum atomic E-state index is 4.39. The molecule has 20 heavy (non-hydrogen) atoms. The Balaban J connectivity index is 1.65. The molecule has 2 aromatic rings. The maximum absolute atomic E-state index is 4.39. The van der Waals surface area contributed by atoms with E-state index >= 15 is 0 Å². The molecule has 1 aliphatic rings. The van der Waals surface area contributed by atoms with E-state index in [4.69, 9.17) is 0 Å². The van der Waals surface area contributed by atoms with Gasteiger partial charge in [0.2, 0.25) is 0 Å². The smallest absolute Gasteiger partial charge is 0.126 e. The molecule has 1 saturated heterocycles. The van der Waals surface area contributed by atoms with Crippen LogP contribution in [0.5, 0.6) is 0 Å². The molecule has 1 fully saturated rings. The van der Waals surface area contributed by atoms with Crippen molar-refractivity contribution in [2.75, 3.05) is 18.4 Å². The fraction of sp³-hybridized carbons (Fsp3) is 0.375. The highest BCUT2D eigenvalue weighted by molar-refractivity contribution is 5.39. The zero-order chi connectivity index (χ0) is 13.6. The molecule has 0 saturated carbocycles. The molecule has 0 aliphatic carbocycles. The minimum absolute atomic E-state index is 0.613. The van der Waals surface area contributed by atoms with E-state index in [1.807, 2.05) is 30.6 Å². The van der Waals surface area contributed by atoms with E-state index in [9.17, 15) is 0 Å². The number of rotatable bonds is 4. The van der Waals surface area contributed by atoms with Crippen molar-refractivity contribution in [3.63, 3.8) is 0 Å². The molecule has 0 bridgehead atoms. The number of piperidine rings is 1. The Kier molecular flexibility index (Phi) is 4.23. The Bertz CT molecular complexity index is 535. The SMILES string of the molecule is c1ccc(CNc2cc([C@@H]3CCCNC3)ccn2)nc1. The lowest BCUT2D eigenvalue weighted by Gasteiger charge is -2.23. The van der Waals surface area contributed by atoms with Crippen LogP contribution in [0.15, 0.2) is 42.7 Å². The van der Waals surface area contributed by atoms with E-state index in [0.717, 1.165) is 24.6 Å². The van der Waals surface area contributed by atoms with Crippen molar-refractivity contribution in [3.8, 4) is 0 Å². The Morgan fingerprint density at radius 1 is 1.20 bits per heavy atom. The largest absolute Gasteiger partial charge is 0.364 e. The molecular formula is C16H20N4. The van der Waals surface area contributed by atoms with Crippen molar-refractivity contribution in [3.05, 3.63) is 54.0 Å². The van der Waals surface area contributed by atoms with Gasteiger partial charge >= 0.3 is 0 Å². The highest BCUT2D eigenvalue weighted by atomic mass is 15.0. The van der Waals surface area contributed by atoms with Crippen molar-refractivity contribution < 1.29 is 0 Å². The van der Waals surface area contributed by atoms with Gasteiger partial charge in [0, 0.05) is 18.9 Å². The Morgan fingerprint density at radius 3 is 3.00 bits per heavy atom. The quantitative estimate of drug-likeness (QED) is 0.894. The van der Waals surface area contributed by atoms with Gasteiger partial charge in [0.15, 0.2) is 0 Å². The summed E-state index contributed by atoms with van der Waals surface area (Å²) >= 11 is 0. The molecule has 3 heterocycles. The second kappa shape index (κ2) is 6.48. The van der Waals surface area contributed by atoms with Crippen molar-refractivity contribution in [1.82, 2.24) is 15.3 Å². The fourth-order valence-electron chi connectivity index (χ4n) is 2.62. The van der Waals surface area contributed by atoms with Crippen LogP contribution < -0.4 is 10.6 Å². The molecule has 4 nitrogen and oxygen atoms in total. The number of pyridine rings is 2. The highest BCUT2D eigenvalue weighted by Crippen LogP contribution is 2.24. The van der Waals surface area contributed by atoms with Crippen molar-refractivity contribution in [2.24, 2.45) is 0 Å². The van der Waals surface area contributed by atoms with Gasteiger partial charge in [-0.1, -0.05) is 6.07 Å².